The molecule has 152 valence electrons. The third-order valence-corrected chi connectivity index (χ3v) is 5.32. The number of hydrogen-bond acceptors (Lipinski definition) is 4. The number of anilines is 1. The molecule has 1 aromatic heterocycles. The van der Waals surface area contributed by atoms with Gasteiger partial charge in [0.25, 0.3) is 5.56 Å². The summed E-state index contributed by atoms with van der Waals surface area (Å²) >= 11 is 1.32. The van der Waals surface area contributed by atoms with Crippen LogP contribution < -0.4 is 16.6 Å². The molecule has 0 saturated heterocycles. The third kappa shape index (κ3) is 5.28. The maximum Gasteiger partial charge on any atom is 0.418 e. The maximum absolute atomic E-state index is 13.4. The first kappa shape index (κ1) is 21.8. The summed E-state index contributed by atoms with van der Waals surface area (Å²) in [5.74, 6) is -0.812. The fourth-order valence-electron chi connectivity index (χ4n) is 2.34. The van der Waals surface area contributed by atoms with Gasteiger partial charge in [0.1, 0.15) is 6.54 Å². The monoisotopic (exact) mass is 415 g/mol. The van der Waals surface area contributed by atoms with Crippen molar-refractivity contribution in [3.8, 4) is 0 Å². The van der Waals surface area contributed by atoms with E-state index in [9.17, 15) is 27.6 Å². The number of rotatable bonds is 6. The summed E-state index contributed by atoms with van der Waals surface area (Å²) in [4.78, 5) is 36.0. The molecule has 0 spiro atoms. The van der Waals surface area contributed by atoms with Crippen molar-refractivity contribution in [1.29, 1.82) is 0 Å². The van der Waals surface area contributed by atoms with E-state index in [2.05, 4.69) is 5.32 Å². The van der Waals surface area contributed by atoms with Crippen molar-refractivity contribution in [3.63, 3.8) is 0 Å². The van der Waals surface area contributed by atoms with Crippen molar-refractivity contribution < 1.29 is 18.0 Å². The lowest BCUT2D eigenvalue weighted by molar-refractivity contribution is -0.137. The Hall–Kier alpha value is -2.49. The van der Waals surface area contributed by atoms with Crippen molar-refractivity contribution in [2.24, 2.45) is 7.05 Å². The summed E-state index contributed by atoms with van der Waals surface area (Å²) in [6, 6.07) is 4.82. The Bertz CT molecular complexity index is 983. The number of alkyl halides is 3. The van der Waals surface area contributed by atoms with E-state index in [-0.39, 0.29) is 10.9 Å². The molecule has 6 nitrogen and oxygen atoms in total. The van der Waals surface area contributed by atoms with Gasteiger partial charge in [-0.3, -0.25) is 18.7 Å². The normalized spacial score (nSPS) is 12.6. The zero-order valence-corrected chi connectivity index (χ0v) is 16.4. The highest BCUT2D eigenvalue weighted by Crippen LogP contribution is 2.38. The fraction of sp³-hybridized carbons (Fsp3) is 0.389. The Morgan fingerprint density at radius 1 is 1.25 bits per heavy atom. The summed E-state index contributed by atoms with van der Waals surface area (Å²) < 4.78 is 42.0. The minimum atomic E-state index is -4.65. The molecule has 0 aliphatic rings. The minimum absolute atomic E-state index is 0.151. The average molecular weight is 415 g/mol. The molecule has 0 saturated carbocycles. The number of nitrogens with zero attached hydrogens (tertiary/aromatic N) is 2. The number of halogens is 3. The van der Waals surface area contributed by atoms with Crippen LogP contribution in [0.2, 0.25) is 0 Å². The highest BCUT2D eigenvalue weighted by molar-refractivity contribution is 7.99. The van der Waals surface area contributed by atoms with E-state index in [0.717, 1.165) is 33.9 Å². The first-order chi connectivity index (χ1) is 13.0. The van der Waals surface area contributed by atoms with Crippen LogP contribution in [0.5, 0.6) is 0 Å². The SMILES string of the molecule is CCC(C)Sc1ccc(NC(=O)Cn2ccc(=O)n(C)c2=O)c(C(F)(F)F)c1. The number of thioether (sulfide) groups is 1. The van der Waals surface area contributed by atoms with Crippen LogP contribution in [0.3, 0.4) is 0 Å². The first-order valence-corrected chi connectivity index (χ1v) is 9.35. The molecule has 0 aliphatic heterocycles. The molecule has 1 heterocycles. The van der Waals surface area contributed by atoms with E-state index in [0.29, 0.717) is 4.90 Å². The molecule has 2 rings (SSSR count). The predicted molar refractivity (Wildman–Crippen MR) is 102 cm³/mol. The van der Waals surface area contributed by atoms with Gasteiger partial charge in [-0.25, -0.2) is 4.79 Å². The average Bonchev–Trinajstić information content (AvgIpc) is 2.62. The maximum atomic E-state index is 13.4. The molecule has 28 heavy (non-hydrogen) atoms. The third-order valence-electron chi connectivity index (χ3n) is 4.06. The number of carbonyl (C=O) groups is 1. The number of nitrogens with one attached hydrogen (secondary N) is 1. The van der Waals surface area contributed by atoms with Gasteiger partial charge in [0.2, 0.25) is 5.91 Å². The van der Waals surface area contributed by atoms with Gasteiger partial charge in [-0.15, -0.1) is 11.8 Å². The standard InChI is InChI=1S/C18H20F3N3O3S/c1-4-11(2)28-12-5-6-14(13(9-12)18(19,20)21)22-15(25)10-24-8-7-16(26)23(3)17(24)27/h5-9,11H,4,10H2,1-3H3,(H,22,25). The molecule has 10 heteroatoms. The van der Waals surface area contributed by atoms with E-state index < -0.39 is 35.4 Å². The van der Waals surface area contributed by atoms with Gasteiger partial charge in [-0.1, -0.05) is 13.8 Å². The largest absolute Gasteiger partial charge is 0.418 e. The summed E-state index contributed by atoms with van der Waals surface area (Å²) in [5, 5.41) is 2.36. The summed E-state index contributed by atoms with van der Waals surface area (Å²) in [7, 11) is 1.24. The number of benzene rings is 1. The second-order valence-corrected chi connectivity index (χ2v) is 7.73. The summed E-state index contributed by atoms with van der Waals surface area (Å²) in [6.45, 7) is 3.34. The fourth-order valence-corrected chi connectivity index (χ4v) is 3.30. The summed E-state index contributed by atoms with van der Waals surface area (Å²) in [6.07, 6.45) is -2.72. The Balaban J connectivity index is 2.27. The van der Waals surface area contributed by atoms with Crippen molar-refractivity contribution in [3.05, 3.63) is 56.9 Å². The van der Waals surface area contributed by atoms with E-state index in [1.165, 1.54) is 30.9 Å². The zero-order chi connectivity index (χ0) is 21.1. The van der Waals surface area contributed by atoms with E-state index in [1.54, 1.807) is 0 Å². The lowest BCUT2D eigenvalue weighted by Gasteiger charge is -2.17. The molecule has 0 aliphatic carbocycles. The van der Waals surface area contributed by atoms with Gasteiger partial charge in [-0.2, -0.15) is 13.2 Å². The first-order valence-electron chi connectivity index (χ1n) is 8.47. The number of hydrogen-bond donors (Lipinski definition) is 1. The number of amides is 1. The van der Waals surface area contributed by atoms with Crippen LogP contribution in [0, 0.1) is 0 Å². The van der Waals surface area contributed by atoms with Gasteiger partial charge in [-0.05, 0) is 24.6 Å². The Morgan fingerprint density at radius 3 is 2.54 bits per heavy atom. The molecule has 2 aromatic rings. The van der Waals surface area contributed by atoms with Crippen LogP contribution in [-0.4, -0.2) is 20.3 Å². The van der Waals surface area contributed by atoms with Gasteiger partial charge < -0.3 is 5.32 Å². The number of aromatic nitrogens is 2. The van der Waals surface area contributed by atoms with Crippen LogP contribution in [0.1, 0.15) is 25.8 Å². The van der Waals surface area contributed by atoms with E-state index in [1.807, 2.05) is 13.8 Å². The van der Waals surface area contributed by atoms with Crippen LogP contribution >= 0.6 is 11.8 Å². The molecular weight excluding hydrogens is 395 g/mol. The van der Waals surface area contributed by atoms with E-state index in [4.69, 9.17) is 0 Å². The van der Waals surface area contributed by atoms with Gasteiger partial charge in [0, 0.05) is 29.5 Å². The second-order valence-electron chi connectivity index (χ2n) is 6.21. The Kier molecular flexibility index (Phi) is 6.76. The van der Waals surface area contributed by atoms with Crippen molar-refractivity contribution in [2.75, 3.05) is 5.32 Å². The van der Waals surface area contributed by atoms with Crippen molar-refractivity contribution in [1.82, 2.24) is 9.13 Å². The predicted octanol–water partition coefficient (Wildman–Crippen LogP) is 3.10. The molecule has 1 amide bonds. The quantitative estimate of drug-likeness (QED) is 0.736. The van der Waals surface area contributed by atoms with Crippen LogP contribution in [0.4, 0.5) is 18.9 Å². The topological polar surface area (TPSA) is 73.1 Å². The number of carbonyl (C=O) groups excluding carboxylic acids is 1. The Labute approximate surface area is 163 Å². The lowest BCUT2D eigenvalue weighted by atomic mass is 10.1. The molecule has 0 fully saturated rings. The molecule has 0 radical (unpaired) electrons. The van der Waals surface area contributed by atoms with Crippen molar-refractivity contribution >= 4 is 23.4 Å². The van der Waals surface area contributed by atoms with Gasteiger partial charge >= 0.3 is 11.9 Å². The molecular formula is C18H20F3N3O3S. The van der Waals surface area contributed by atoms with Crippen LogP contribution in [0.25, 0.3) is 0 Å². The van der Waals surface area contributed by atoms with Crippen LogP contribution in [0.15, 0.2) is 44.9 Å². The molecule has 1 atom stereocenters. The van der Waals surface area contributed by atoms with Gasteiger partial charge in [0.15, 0.2) is 0 Å². The molecule has 0 bridgehead atoms. The molecule has 1 N–H and O–H groups in total. The highest BCUT2D eigenvalue weighted by atomic mass is 32.2. The van der Waals surface area contributed by atoms with Crippen molar-refractivity contribution in [2.45, 2.75) is 43.1 Å². The zero-order valence-electron chi connectivity index (χ0n) is 15.5. The molecule has 1 aromatic carbocycles. The van der Waals surface area contributed by atoms with Gasteiger partial charge in [0.05, 0.1) is 11.3 Å². The van der Waals surface area contributed by atoms with Crippen LogP contribution in [-0.2, 0) is 24.6 Å². The second kappa shape index (κ2) is 8.68. The lowest BCUT2D eigenvalue weighted by Crippen LogP contribution is -2.39. The smallest absolute Gasteiger partial charge is 0.324 e. The summed E-state index contributed by atoms with van der Waals surface area (Å²) in [5.41, 5.74) is -2.62. The van der Waals surface area contributed by atoms with E-state index >= 15 is 0 Å². The minimum Gasteiger partial charge on any atom is -0.324 e. The Morgan fingerprint density at radius 2 is 1.93 bits per heavy atom. The highest BCUT2D eigenvalue weighted by Gasteiger charge is 2.34. The molecule has 1 unspecified atom stereocenters.